The van der Waals surface area contributed by atoms with Crippen molar-refractivity contribution in [2.24, 2.45) is 0 Å². The Bertz CT molecular complexity index is 333. The van der Waals surface area contributed by atoms with Crippen molar-refractivity contribution in [3.8, 4) is 0 Å². The van der Waals surface area contributed by atoms with Crippen LogP contribution in [0.15, 0.2) is 28.7 Å². The van der Waals surface area contributed by atoms with Crippen LogP contribution >= 0.6 is 28.3 Å². The summed E-state index contributed by atoms with van der Waals surface area (Å²) in [5, 5.41) is 17.2. The number of hydrogen-bond acceptors (Lipinski definition) is 3. The minimum absolute atomic E-state index is 0. The summed E-state index contributed by atoms with van der Waals surface area (Å²) in [6, 6.07) is 7.23. The van der Waals surface area contributed by atoms with E-state index in [0.717, 1.165) is 4.47 Å². The van der Waals surface area contributed by atoms with Crippen molar-refractivity contribution in [1.82, 2.24) is 0 Å². The van der Waals surface area contributed by atoms with Crippen LogP contribution in [0.5, 0.6) is 0 Å². The molecule has 15 heavy (non-hydrogen) atoms. The van der Waals surface area contributed by atoms with Gasteiger partial charge in [0.05, 0.1) is 6.61 Å². The molecule has 0 fully saturated rings. The molecule has 0 aliphatic heterocycles. The molecule has 1 rings (SSSR count). The average molecular weight is 295 g/mol. The van der Waals surface area contributed by atoms with E-state index in [4.69, 9.17) is 10.1 Å². The van der Waals surface area contributed by atoms with Crippen LogP contribution in [-0.4, -0.2) is 17.6 Å². The maximum Gasteiger partial charge on any atom is 0.214 e. The van der Waals surface area contributed by atoms with Crippen molar-refractivity contribution in [3.63, 3.8) is 0 Å². The first-order chi connectivity index (χ1) is 6.66. The standard InChI is InChI=1S/C10H12BrNO2.ClH/c1-2-14-10(12)9(13)7-5-3-4-6-8(7)11;/h3-6,9,12-13H,2H2,1H3;1H. The van der Waals surface area contributed by atoms with E-state index in [1.54, 1.807) is 13.0 Å². The molecule has 0 radical (unpaired) electrons. The summed E-state index contributed by atoms with van der Waals surface area (Å²) >= 11 is 3.30. The molecule has 0 saturated heterocycles. The van der Waals surface area contributed by atoms with Gasteiger partial charge in [-0.2, -0.15) is 0 Å². The van der Waals surface area contributed by atoms with Crippen LogP contribution in [0.4, 0.5) is 0 Å². The third-order valence-corrected chi connectivity index (χ3v) is 2.47. The topological polar surface area (TPSA) is 53.3 Å². The molecule has 84 valence electrons. The van der Waals surface area contributed by atoms with Crippen LogP contribution in [0.1, 0.15) is 18.6 Å². The van der Waals surface area contributed by atoms with E-state index in [-0.39, 0.29) is 18.3 Å². The molecule has 0 aliphatic carbocycles. The second-order valence-corrected chi connectivity index (χ2v) is 3.58. The third-order valence-electron chi connectivity index (χ3n) is 1.75. The first-order valence-electron chi connectivity index (χ1n) is 4.30. The summed E-state index contributed by atoms with van der Waals surface area (Å²) < 4.78 is 5.70. The summed E-state index contributed by atoms with van der Waals surface area (Å²) in [6.45, 7) is 2.17. The Morgan fingerprint density at radius 3 is 2.67 bits per heavy atom. The minimum Gasteiger partial charge on any atom is -0.479 e. The van der Waals surface area contributed by atoms with Gasteiger partial charge in [0.25, 0.3) is 0 Å². The van der Waals surface area contributed by atoms with Gasteiger partial charge in [0.1, 0.15) is 0 Å². The van der Waals surface area contributed by atoms with Crippen molar-refractivity contribution < 1.29 is 9.84 Å². The van der Waals surface area contributed by atoms with Crippen LogP contribution in [0.3, 0.4) is 0 Å². The largest absolute Gasteiger partial charge is 0.479 e. The van der Waals surface area contributed by atoms with Gasteiger partial charge in [0, 0.05) is 10.0 Å². The van der Waals surface area contributed by atoms with Gasteiger partial charge in [0.2, 0.25) is 5.90 Å². The number of aliphatic hydroxyl groups excluding tert-OH is 1. The predicted molar refractivity (Wildman–Crippen MR) is 65.7 cm³/mol. The lowest BCUT2D eigenvalue weighted by atomic mass is 10.1. The lowest BCUT2D eigenvalue weighted by Crippen LogP contribution is -2.14. The summed E-state index contributed by atoms with van der Waals surface area (Å²) in [5.41, 5.74) is 0.644. The fourth-order valence-corrected chi connectivity index (χ4v) is 1.57. The van der Waals surface area contributed by atoms with Gasteiger partial charge in [-0.25, -0.2) is 0 Å². The summed E-state index contributed by atoms with van der Waals surface area (Å²) in [4.78, 5) is 0. The number of halogens is 2. The molecule has 0 bridgehead atoms. The molecule has 1 unspecified atom stereocenters. The lowest BCUT2D eigenvalue weighted by molar-refractivity contribution is 0.190. The molecule has 2 N–H and O–H groups in total. The third kappa shape index (κ3) is 3.81. The molecule has 0 aromatic heterocycles. The average Bonchev–Trinajstić information content (AvgIpc) is 2.18. The Kier molecular flexibility index (Phi) is 6.56. The molecular formula is C10H13BrClNO2. The number of nitrogens with one attached hydrogen (secondary N) is 1. The zero-order valence-electron chi connectivity index (χ0n) is 8.24. The summed E-state index contributed by atoms with van der Waals surface area (Å²) in [6.07, 6.45) is -0.995. The molecule has 1 aromatic carbocycles. The molecule has 3 nitrogen and oxygen atoms in total. The zero-order chi connectivity index (χ0) is 10.6. The molecule has 1 atom stereocenters. The van der Waals surface area contributed by atoms with E-state index in [9.17, 15) is 5.11 Å². The van der Waals surface area contributed by atoms with Crippen molar-refractivity contribution >= 4 is 34.2 Å². The highest BCUT2D eigenvalue weighted by atomic mass is 79.9. The second kappa shape index (κ2) is 6.82. The Balaban J connectivity index is 0.00000196. The van der Waals surface area contributed by atoms with Crippen molar-refractivity contribution in [1.29, 1.82) is 5.41 Å². The Morgan fingerprint density at radius 1 is 1.53 bits per heavy atom. The monoisotopic (exact) mass is 293 g/mol. The first kappa shape index (κ1) is 14.4. The van der Waals surface area contributed by atoms with Gasteiger partial charge >= 0.3 is 0 Å². The Labute approximate surface area is 104 Å². The van der Waals surface area contributed by atoms with Crippen molar-refractivity contribution in [2.45, 2.75) is 13.0 Å². The van der Waals surface area contributed by atoms with E-state index in [2.05, 4.69) is 15.9 Å². The number of rotatable bonds is 3. The second-order valence-electron chi connectivity index (χ2n) is 2.72. The van der Waals surface area contributed by atoms with Crippen LogP contribution < -0.4 is 0 Å². The molecule has 0 amide bonds. The van der Waals surface area contributed by atoms with Crippen LogP contribution in [0, 0.1) is 5.41 Å². The quantitative estimate of drug-likeness (QED) is 0.665. The van der Waals surface area contributed by atoms with E-state index in [0.29, 0.717) is 12.2 Å². The Hall–Kier alpha value is -0.580. The van der Waals surface area contributed by atoms with E-state index in [1.165, 1.54) is 0 Å². The van der Waals surface area contributed by atoms with Gasteiger partial charge in [-0.3, -0.25) is 5.41 Å². The smallest absolute Gasteiger partial charge is 0.214 e. The fraction of sp³-hybridized carbons (Fsp3) is 0.300. The molecule has 0 aliphatic rings. The molecule has 0 heterocycles. The first-order valence-corrected chi connectivity index (χ1v) is 5.09. The fourth-order valence-electron chi connectivity index (χ4n) is 1.07. The van der Waals surface area contributed by atoms with Crippen LogP contribution in [0.2, 0.25) is 0 Å². The number of benzene rings is 1. The van der Waals surface area contributed by atoms with Gasteiger partial charge in [-0.15, -0.1) is 12.4 Å². The zero-order valence-corrected chi connectivity index (χ0v) is 10.6. The van der Waals surface area contributed by atoms with Gasteiger partial charge in [-0.05, 0) is 13.0 Å². The SMILES string of the molecule is CCOC(=N)C(O)c1ccccc1Br.Cl. The molecule has 5 heteroatoms. The van der Waals surface area contributed by atoms with Crippen molar-refractivity contribution in [2.75, 3.05) is 6.61 Å². The van der Waals surface area contributed by atoms with Crippen LogP contribution in [-0.2, 0) is 4.74 Å². The van der Waals surface area contributed by atoms with E-state index >= 15 is 0 Å². The molecule has 1 aromatic rings. The van der Waals surface area contributed by atoms with Crippen LogP contribution in [0.25, 0.3) is 0 Å². The van der Waals surface area contributed by atoms with E-state index in [1.807, 2.05) is 18.2 Å². The number of aliphatic hydroxyl groups is 1. The van der Waals surface area contributed by atoms with Gasteiger partial charge in [-0.1, -0.05) is 34.1 Å². The molecule has 0 spiro atoms. The highest BCUT2D eigenvalue weighted by Gasteiger charge is 2.16. The van der Waals surface area contributed by atoms with E-state index < -0.39 is 6.10 Å². The summed E-state index contributed by atoms with van der Waals surface area (Å²) in [7, 11) is 0. The minimum atomic E-state index is -0.995. The number of ether oxygens (including phenoxy) is 1. The van der Waals surface area contributed by atoms with Crippen molar-refractivity contribution in [3.05, 3.63) is 34.3 Å². The normalized spacial score (nSPS) is 11.4. The van der Waals surface area contributed by atoms with Gasteiger partial charge < -0.3 is 9.84 Å². The molecular weight excluding hydrogens is 281 g/mol. The summed E-state index contributed by atoms with van der Waals surface area (Å²) in [5.74, 6) is -0.126. The highest BCUT2D eigenvalue weighted by Crippen LogP contribution is 2.23. The maximum atomic E-state index is 9.72. The maximum absolute atomic E-state index is 9.72. The predicted octanol–water partition coefficient (Wildman–Crippen LogP) is 2.92. The Morgan fingerprint density at radius 2 is 2.13 bits per heavy atom. The van der Waals surface area contributed by atoms with Gasteiger partial charge in [0.15, 0.2) is 6.10 Å². The number of hydrogen-bond donors (Lipinski definition) is 2. The molecule has 0 saturated carbocycles. The highest BCUT2D eigenvalue weighted by molar-refractivity contribution is 9.10. The lowest BCUT2D eigenvalue weighted by Gasteiger charge is -2.13.